The molecule has 0 saturated carbocycles. The largest absolute Gasteiger partial charge is 0.395 e. The first-order valence-electron chi connectivity index (χ1n) is 14.1. The molecule has 5 rings (SSSR count). The topological polar surface area (TPSA) is 91.6 Å². The van der Waals surface area contributed by atoms with E-state index >= 15 is 0 Å². The standard InChI is InChI=1S/C30H36F3N5O3/c31-23-6-7-25(32)24(14-23)27-19-37(17-20-4-2-1-3-5-20)29(36-27)28(21-8-12-41-13-9-21)38(30(40)35-10-11-39)18-22-15-34-16-26(22)33/h1-7,14,19,21-22,26,28,34,39H,8-13,15-18H2,(H,35,40). The van der Waals surface area contributed by atoms with E-state index in [1.807, 2.05) is 34.9 Å². The van der Waals surface area contributed by atoms with Crippen molar-refractivity contribution in [2.45, 2.75) is 31.6 Å². The van der Waals surface area contributed by atoms with Gasteiger partial charge in [-0.15, -0.1) is 0 Å². The van der Waals surface area contributed by atoms with Crippen LogP contribution in [0.3, 0.4) is 0 Å². The van der Waals surface area contributed by atoms with Gasteiger partial charge in [0.2, 0.25) is 0 Å². The summed E-state index contributed by atoms with van der Waals surface area (Å²) in [5, 5.41) is 15.2. The average Bonchev–Trinajstić information content (AvgIpc) is 3.59. The Hall–Kier alpha value is -3.41. The fraction of sp³-hybridized carbons (Fsp3) is 0.467. The Kier molecular flexibility index (Phi) is 9.58. The fourth-order valence-electron chi connectivity index (χ4n) is 5.75. The number of carbonyl (C=O) groups excluding carboxylic acids is 1. The molecule has 2 aliphatic rings. The molecule has 220 valence electrons. The molecule has 3 unspecified atom stereocenters. The highest BCUT2D eigenvalue weighted by Gasteiger charge is 2.40. The second kappa shape index (κ2) is 13.5. The molecular formula is C30H36F3N5O3. The third-order valence-corrected chi connectivity index (χ3v) is 7.86. The average molecular weight is 572 g/mol. The smallest absolute Gasteiger partial charge is 0.318 e. The molecule has 8 nitrogen and oxygen atoms in total. The van der Waals surface area contributed by atoms with Crippen molar-refractivity contribution in [2.24, 2.45) is 11.8 Å². The van der Waals surface area contributed by atoms with Gasteiger partial charge in [-0.05, 0) is 42.5 Å². The first kappa shape index (κ1) is 29.1. The summed E-state index contributed by atoms with van der Waals surface area (Å²) in [7, 11) is 0. The SMILES string of the molecule is O=C(NCCO)N(CC1CNCC1F)C(c1nc(-c2cc(F)ccc2F)cn1Cc1ccccc1)C1CCOCC1. The Labute approximate surface area is 237 Å². The maximum absolute atomic E-state index is 14.9. The van der Waals surface area contributed by atoms with E-state index in [0.29, 0.717) is 45.0 Å². The summed E-state index contributed by atoms with van der Waals surface area (Å²) >= 11 is 0. The van der Waals surface area contributed by atoms with Crippen LogP contribution in [0.1, 0.15) is 30.3 Å². The number of aliphatic hydroxyl groups excluding tert-OH is 1. The van der Waals surface area contributed by atoms with Crippen LogP contribution >= 0.6 is 0 Å². The summed E-state index contributed by atoms with van der Waals surface area (Å²) in [6, 6.07) is 11.8. The molecule has 0 radical (unpaired) electrons. The first-order chi connectivity index (χ1) is 19.9. The number of benzene rings is 2. The number of nitrogens with zero attached hydrogens (tertiary/aromatic N) is 3. The highest BCUT2D eigenvalue weighted by atomic mass is 19.1. The van der Waals surface area contributed by atoms with E-state index in [4.69, 9.17) is 9.72 Å². The molecule has 3 heterocycles. The number of urea groups is 1. The van der Waals surface area contributed by atoms with E-state index in [1.165, 1.54) is 0 Å². The molecule has 1 aromatic heterocycles. The number of amides is 2. The summed E-state index contributed by atoms with van der Waals surface area (Å²) in [6.45, 7) is 1.91. The Bertz CT molecular complexity index is 1300. The van der Waals surface area contributed by atoms with Crippen molar-refractivity contribution in [1.29, 1.82) is 0 Å². The highest BCUT2D eigenvalue weighted by molar-refractivity contribution is 5.75. The lowest BCUT2D eigenvalue weighted by atomic mass is 9.89. The van der Waals surface area contributed by atoms with Crippen molar-refractivity contribution >= 4 is 6.03 Å². The summed E-state index contributed by atoms with van der Waals surface area (Å²) < 4.78 is 51.5. The highest BCUT2D eigenvalue weighted by Crippen LogP contribution is 2.38. The van der Waals surface area contributed by atoms with Gasteiger partial charge in [-0.25, -0.2) is 22.9 Å². The van der Waals surface area contributed by atoms with Crippen molar-refractivity contribution in [3.63, 3.8) is 0 Å². The number of ether oxygens (including phenoxy) is 1. The third kappa shape index (κ3) is 6.91. The predicted octanol–water partition coefficient (Wildman–Crippen LogP) is 3.91. The van der Waals surface area contributed by atoms with Gasteiger partial charge in [0.1, 0.15) is 23.6 Å². The fourth-order valence-corrected chi connectivity index (χ4v) is 5.75. The van der Waals surface area contributed by atoms with Crippen LogP contribution < -0.4 is 10.6 Å². The number of imidazole rings is 1. The minimum Gasteiger partial charge on any atom is -0.395 e. The Morgan fingerprint density at radius 1 is 1.17 bits per heavy atom. The molecule has 11 heteroatoms. The zero-order chi connectivity index (χ0) is 28.8. The van der Waals surface area contributed by atoms with Crippen LogP contribution in [0, 0.1) is 23.5 Å². The first-order valence-corrected chi connectivity index (χ1v) is 14.1. The Morgan fingerprint density at radius 3 is 2.66 bits per heavy atom. The van der Waals surface area contributed by atoms with E-state index in [2.05, 4.69) is 10.6 Å². The number of aromatic nitrogens is 2. The molecule has 2 saturated heterocycles. The third-order valence-electron chi connectivity index (χ3n) is 7.86. The monoisotopic (exact) mass is 571 g/mol. The van der Waals surface area contributed by atoms with Crippen LogP contribution in [0.25, 0.3) is 11.3 Å². The summed E-state index contributed by atoms with van der Waals surface area (Å²) in [4.78, 5) is 20.2. The van der Waals surface area contributed by atoms with Crippen molar-refractivity contribution in [1.82, 2.24) is 25.1 Å². The quantitative estimate of drug-likeness (QED) is 0.344. The van der Waals surface area contributed by atoms with Gasteiger partial charge in [-0.3, -0.25) is 0 Å². The second-order valence-corrected chi connectivity index (χ2v) is 10.7. The lowest BCUT2D eigenvalue weighted by molar-refractivity contribution is 0.0257. The van der Waals surface area contributed by atoms with Crippen molar-refractivity contribution in [3.8, 4) is 11.3 Å². The lowest BCUT2D eigenvalue weighted by Gasteiger charge is -2.39. The van der Waals surface area contributed by atoms with Gasteiger partial charge in [0.15, 0.2) is 0 Å². The molecule has 0 spiro atoms. The number of aliphatic hydroxyl groups is 1. The van der Waals surface area contributed by atoms with Gasteiger partial charge in [-0.1, -0.05) is 30.3 Å². The number of alkyl halides is 1. The van der Waals surface area contributed by atoms with Gasteiger partial charge >= 0.3 is 6.03 Å². The minimum absolute atomic E-state index is 0.0175. The maximum Gasteiger partial charge on any atom is 0.318 e. The molecule has 2 aliphatic heterocycles. The Balaban J connectivity index is 1.63. The van der Waals surface area contributed by atoms with Crippen molar-refractivity contribution in [2.75, 3.05) is 46.0 Å². The van der Waals surface area contributed by atoms with Crippen LogP contribution in [0.15, 0.2) is 54.7 Å². The molecule has 3 N–H and O–H groups in total. The summed E-state index contributed by atoms with van der Waals surface area (Å²) in [5.74, 6) is -1.22. The molecule has 41 heavy (non-hydrogen) atoms. The van der Waals surface area contributed by atoms with Crippen LogP contribution in [0.2, 0.25) is 0 Å². The number of nitrogens with one attached hydrogen (secondary N) is 2. The number of hydrogen-bond donors (Lipinski definition) is 3. The number of halogens is 3. The predicted molar refractivity (Wildman–Crippen MR) is 148 cm³/mol. The van der Waals surface area contributed by atoms with Crippen LogP contribution in [0.5, 0.6) is 0 Å². The summed E-state index contributed by atoms with van der Waals surface area (Å²) in [5.41, 5.74) is 1.22. The van der Waals surface area contributed by atoms with Crippen molar-refractivity contribution < 1.29 is 27.8 Å². The van der Waals surface area contributed by atoms with Gasteiger partial charge in [0.05, 0.1) is 18.3 Å². The zero-order valence-electron chi connectivity index (χ0n) is 22.8. The van der Waals surface area contributed by atoms with E-state index in [9.17, 15) is 23.1 Å². The molecule has 2 amide bonds. The van der Waals surface area contributed by atoms with Gasteiger partial charge < -0.3 is 29.9 Å². The minimum atomic E-state index is -1.13. The normalized spacial score (nSPS) is 20.2. The van der Waals surface area contributed by atoms with Gasteiger partial charge in [-0.2, -0.15) is 0 Å². The number of hydrogen-bond acceptors (Lipinski definition) is 5. The van der Waals surface area contributed by atoms with E-state index in [1.54, 1.807) is 11.1 Å². The molecule has 3 atom stereocenters. The summed E-state index contributed by atoms with van der Waals surface area (Å²) in [6.07, 6.45) is 1.83. The van der Waals surface area contributed by atoms with E-state index in [-0.39, 0.29) is 43.4 Å². The van der Waals surface area contributed by atoms with Gasteiger partial charge in [0.25, 0.3) is 0 Å². The van der Waals surface area contributed by atoms with Crippen LogP contribution in [0.4, 0.5) is 18.0 Å². The molecular weight excluding hydrogens is 535 g/mol. The van der Waals surface area contributed by atoms with Crippen LogP contribution in [-0.4, -0.2) is 77.8 Å². The Morgan fingerprint density at radius 2 is 1.95 bits per heavy atom. The zero-order valence-corrected chi connectivity index (χ0v) is 22.8. The second-order valence-electron chi connectivity index (χ2n) is 10.7. The van der Waals surface area contributed by atoms with Crippen LogP contribution in [-0.2, 0) is 11.3 Å². The van der Waals surface area contributed by atoms with E-state index in [0.717, 1.165) is 23.8 Å². The van der Waals surface area contributed by atoms with Gasteiger partial charge in [0, 0.05) is 63.6 Å². The molecule has 2 fully saturated rings. The van der Waals surface area contributed by atoms with Crippen molar-refractivity contribution in [3.05, 3.63) is 77.8 Å². The molecule has 0 aliphatic carbocycles. The molecule has 3 aromatic rings. The molecule has 0 bridgehead atoms. The number of rotatable bonds is 10. The maximum atomic E-state index is 14.9. The molecule has 2 aromatic carbocycles. The lowest BCUT2D eigenvalue weighted by Crippen LogP contribution is -2.49. The number of carbonyl (C=O) groups is 1. The van der Waals surface area contributed by atoms with E-state index < -0.39 is 35.8 Å².